The fraction of sp³-hybridized carbons (Fsp3) is 0.211. The fourth-order valence-corrected chi connectivity index (χ4v) is 3.12. The topological polar surface area (TPSA) is 77.2 Å². The molecule has 0 radical (unpaired) electrons. The number of carbonyl (C=O) groups is 1. The summed E-state index contributed by atoms with van der Waals surface area (Å²) < 4.78 is 11.2. The molecule has 0 unspecified atom stereocenters. The Morgan fingerprint density at radius 3 is 2.85 bits per heavy atom. The molecule has 140 valence electrons. The highest BCUT2D eigenvalue weighted by Gasteiger charge is 2.11. The molecular formula is C19H18ClN3O3S. The lowest BCUT2D eigenvalue weighted by atomic mass is 10.2. The van der Waals surface area contributed by atoms with Crippen LogP contribution in [0.4, 0.5) is 5.69 Å². The number of benzene rings is 2. The van der Waals surface area contributed by atoms with E-state index in [4.69, 9.17) is 20.8 Å². The van der Waals surface area contributed by atoms with Crippen molar-refractivity contribution in [1.29, 1.82) is 0 Å². The standard InChI is InChI=1S/C19H18ClN3O3S/c1-12-4-3-5-15(8-12)21-17(24)11-27-19-23-22-18(26-19)10-25-16-7-6-14(20)9-13(16)2/h3-9H,10-11H2,1-2H3,(H,21,24). The van der Waals surface area contributed by atoms with Gasteiger partial charge in [-0.1, -0.05) is 35.5 Å². The van der Waals surface area contributed by atoms with Crippen LogP contribution in [0.5, 0.6) is 5.75 Å². The number of rotatable bonds is 7. The molecule has 0 aliphatic rings. The van der Waals surface area contributed by atoms with E-state index in [9.17, 15) is 4.79 Å². The Labute approximate surface area is 166 Å². The molecule has 0 aliphatic carbocycles. The quantitative estimate of drug-likeness (QED) is 0.578. The largest absolute Gasteiger partial charge is 0.484 e. The highest BCUT2D eigenvalue weighted by Crippen LogP contribution is 2.23. The summed E-state index contributed by atoms with van der Waals surface area (Å²) in [6.45, 7) is 4.02. The summed E-state index contributed by atoms with van der Waals surface area (Å²) in [4.78, 5) is 12.0. The summed E-state index contributed by atoms with van der Waals surface area (Å²) in [7, 11) is 0. The van der Waals surface area contributed by atoms with Crippen molar-refractivity contribution in [3.8, 4) is 5.75 Å². The van der Waals surface area contributed by atoms with E-state index < -0.39 is 0 Å². The summed E-state index contributed by atoms with van der Waals surface area (Å²) in [6.07, 6.45) is 0. The summed E-state index contributed by atoms with van der Waals surface area (Å²) in [5.74, 6) is 1.07. The Hall–Kier alpha value is -2.51. The SMILES string of the molecule is Cc1cccc(NC(=O)CSc2nnc(COc3ccc(Cl)cc3C)o2)c1. The van der Waals surface area contributed by atoms with Crippen molar-refractivity contribution in [1.82, 2.24) is 10.2 Å². The van der Waals surface area contributed by atoms with E-state index in [1.54, 1.807) is 12.1 Å². The zero-order chi connectivity index (χ0) is 19.2. The minimum Gasteiger partial charge on any atom is -0.484 e. The van der Waals surface area contributed by atoms with Gasteiger partial charge in [-0.2, -0.15) is 0 Å². The van der Waals surface area contributed by atoms with Crippen molar-refractivity contribution in [2.45, 2.75) is 25.7 Å². The van der Waals surface area contributed by atoms with Gasteiger partial charge in [-0.3, -0.25) is 4.79 Å². The van der Waals surface area contributed by atoms with Gasteiger partial charge < -0.3 is 14.5 Å². The van der Waals surface area contributed by atoms with E-state index in [-0.39, 0.29) is 18.3 Å². The molecule has 0 aliphatic heterocycles. The number of carbonyl (C=O) groups excluding carboxylic acids is 1. The molecule has 0 saturated heterocycles. The van der Waals surface area contributed by atoms with Gasteiger partial charge in [0.25, 0.3) is 11.1 Å². The van der Waals surface area contributed by atoms with Crippen LogP contribution in [-0.2, 0) is 11.4 Å². The van der Waals surface area contributed by atoms with Crippen LogP contribution in [0.3, 0.4) is 0 Å². The molecule has 0 spiro atoms. The maximum Gasteiger partial charge on any atom is 0.277 e. The first kappa shape index (κ1) is 19.3. The smallest absolute Gasteiger partial charge is 0.277 e. The van der Waals surface area contributed by atoms with Gasteiger partial charge in [0.1, 0.15) is 5.75 Å². The molecule has 1 aromatic heterocycles. The Morgan fingerprint density at radius 2 is 2.07 bits per heavy atom. The molecule has 0 atom stereocenters. The Bertz CT molecular complexity index is 945. The minimum atomic E-state index is -0.140. The number of anilines is 1. The van der Waals surface area contributed by atoms with Crippen LogP contribution in [0.1, 0.15) is 17.0 Å². The third-order valence-corrected chi connectivity index (χ3v) is 4.62. The van der Waals surface area contributed by atoms with E-state index in [2.05, 4.69) is 15.5 Å². The van der Waals surface area contributed by atoms with E-state index in [0.29, 0.717) is 21.9 Å². The van der Waals surface area contributed by atoms with Gasteiger partial charge in [0.05, 0.1) is 5.75 Å². The summed E-state index contributed by atoms with van der Waals surface area (Å²) in [6, 6.07) is 13.0. The highest BCUT2D eigenvalue weighted by molar-refractivity contribution is 7.99. The third kappa shape index (κ3) is 5.74. The molecule has 1 N–H and O–H groups in total. The number of nitrogens with zero attached hydrogens (tertiary/aromatic N) is 2. The van der Waals surface area contributed by atoms with Gasteiger partial charge >= 0.3 is 0 Å². The minimum absolute atomic E-state index is 0.140. The lowest BCUT2D eigenvalue weighted by Gasteiger charge is -2.06. The fourth-order valence-electron chi connectivity index (χ4n) is 2.32. The normalized spacial score (nSPS) is 10.6. The number of nitrogens with one attached hydrogen (secondary N) is 1. The van der Waals surface area contributed by atoms with Gasteiger partial charge in [-0.25, -0.2) is 0 Å². The van der Waals surface area contributed by atoms with Crippen LogP contribution >= 0.6 is 23.4 Å². The van der Waals surface area contributed by atoms with Crippen LogP contribution in [-0.4, -0.2) is 21.9 Å². The van der Waals surface area contributed by atoms with Crippen molar-refractivity contribution in [3.63, 3.8) is 0 Å². The van der Waals surface area contributed by atoms with E-state index in [1.165, 1.54) is 11.8 Å². The zero-order valence-corrected chi connectivity index (χ0v) is 16.4. The molecule has 2 aromatic carbocycles. The second kappa shape index (κ2) is 8.92. The number of aromatic nitrogens is 2. The lowest BCUT2D eigenvalue weighted by Crippen LogP contribution is -2.13. The van der Waals surface area contributed by atoms with Crippen molar-refractivity contribution < 1.29 is 13.9 Å². The second-order valence-corrected chi connectivity index (χ2v) is 7.23. The van der Waals surface area contributed by atoms with Gasteiger partial charge in [0.15, 0.2) is 6.61 Å². The molecule has 3 aromatic rings. The van der Waals surface area contributed by atoms with Gasteiger partial charge in [-0.05, 0) is 55.3 Å². The van der Waals surface area contributed by atoms with E-state index in [0.717, 1.165) is 16.8 Å². The number of halogens is 1. The number of hydrogen-bond donors (Lipinski definition) is 1. The molecule has 3 rings (SSSR count). The van der Waals surface area contributed by atoms with Crippen LogP contribution < -0.4 is 10.1 Å². The first-order valence-electron chi connectivity index (χ1n) is 8.20. The van der Waals surface area contributed by atoms with E-state index >= 15 is 0 Å². The number of amides is 1. The van der Waals surface area contributed by atoms with Gasteiger partial charge in [0.2, 0.25) is 5.91 Å². The van der Waals surface area contributed by atoms with Crippen LogP contribution in [0.2, 0.25) is 5.02 Å². The van der Waals surface area contributed by atoms with Crippen molar-refractivity contribution >= 4 is 35.0 Å². The first-order valence-corrected chi connectivity index (χ1v) is 9.56. The Balaban J connectivity index is 1.48. The molecule has 1 amide bonds. The monoisotopic (exact) mass is 403 g/mol. The van der Waals surface area contributed by atoms with Crippen molar-refractivity contribution in [3.05, 3.63) is 64.5 Å². The maximum absolute atomic E-state index is 12.0. The van der Waals surface area contributed by atoms with Crippen LogP contribution in [0.15, 0.2) is 52.1 Å². The predicted molar refractivity (Wildman–Crippen MR) is 105 cm³/mol. The molecule has 0 saturated carbocycles. The lowest BCUT2D eigenvalue weighted by molar-refractivity contribution is -0.113. The van der Waals surface area contributed by atoms with Crippen LogP contribution in [0.25, 0.3) is 0 Å². The van der Waals surface area contributed by atoms with Crippen molar-refractivity contribution in [2.24, 2.45) is 0 Å². The molecular weight excluding hydrogens is 386 g/mol. The highest BCUT2D eigenvalue weighted by atomic mass is 35.5. The molecule has 27 heavy (non-hydrogen) atoms. The van der Waals surface area contributed by atoms with Crippen LogP contribution in [0, 0.1) is 13.8 Å². The average molecular weight is 404 g/mol. The maximum atomic E-state index is 12.0. The van der Waals surface area contributed by atoms with E-state index in [1.807, 2.05) is 44.2 Å². The first-order chi connectivity index (χ1) is 13.0. The Morgan fingerprint density at radius 1 is 1.22 bits per heavy atom. The predicted octanol–water partition coefficient (Wildman–Crippen LogP) is 4.65. The molecule has 6 nitrogen and oxygen atoms in total. The zero-order valence-electron chi connectivity index (χ0n) is 14.9. The van der Waals surface area contributed by atoms with Gasteiger partial charge in [0, 0.05) is 10.7 Å². The average Bonchev–Trinajstić information content (AvgIpc) is 3.07. The summed E-state index contributed by atoms with van der Waals surface area (Å²) in [5.41, 5.74) is 2.76. The molecule has 1 heterocycles. The summed E-state index contributed by atoms with van der Waals surface area (Å²) >= 11 is 7.10. The molecule has 8 heteroatoms. The van der Waals surface area contributed by atoms with Crippen molar-refractivity contribution in [2.75, 3.05) is 11.1 Å². The molecule has 0 bridgehead atoms. The Kier molecular flexibility index (Phi) is 6.36. The summed E-state index contributed by atoms with van der Waals surface area (Å²) in [5, 5.41) is 11.7. The second-order valence-electron chi connectivity index (χ2n) is 5.87. The number of thioether (sulfide) groups is 1. The molecule has 0 fully saturated rings. The number of aryl methyl sites for hydroxylation is 2. The number of hydrogen-bond acceptors (Lipinski definition) is 6. The number of ether oxygens (including phenoxy) is 1. The third-order valence-electron chi connectivity index (χ3n) is 3.57. The van der Waals surface area contributed by atoms with Gasteiger partial charge in [-0.15, -0.1) is 10.2 Å².